The Balaban J connectivity index is 2.05. The van der Waals surface area contributed by atoms with Crippen molar-refractivity contribution in [3.05, 3.63) is 16.3 Å². The standard InChI is InChI=1S/C10H11NO4S/c12-9(7-2-1-4-15-7)11-6-3-5-16-8(6)10(13)14/h3,5,7H,1-2,4H2,(H,11,12)(H,13,14)/t7-/m1/s1. The van der Waals surface area contributed by atoms with Gasteiger partial charge in [0.1, 0.15) is 11.0 Å². The van der Waals surface area contributed by atoms with E-state index >= 15 is 0 Å². The highest BCUT2D eigenvalue weighted by molar-refractivity contribution is 7.12. The van der Waals surface area contributed by atoms with Crippen LogP contribution in [0.5, 0.6) is 0 Å². The fraction of sp³-hybridized carbons (Fsp3) is 0.400. The summed E-state index contributed by atoms with van der Waals surface area (Å²) in [6, 6.07) is 1.58. The molecule has 1 atom stereocenters. The number of thiophene rings is 1. The molecule has 0 bridgehead atoms. The molecular weight excluding hydrogens is 230 g/mol. The molecule has 2 N–H and O–H groups in total. The average molecular weight is 241 g/mol. The topological polar surface area (TPSA) is 75.6 Å². The second-order valence-electron chi connectivity index (χ2n) is 3.46. The number of carboxylic acid groups (broad SMARTS) is 1. The Kier molecular flexibility index (Phi) is 3.21. The van der Waals surface area contributed by atoms with Crippen LogP contribution in [0.1, 0.15) is 22.5 Å². The molecule has 2 rings (SSSR count). The molecule has 0 aliphatic carbocycles. The third kappa shape index (κ3) is 2.23. The minimum Gasteiger partial charge on any atom is -0.477 e. The predicted octanol–water partition coefficient (Wildman–Crippen LogP) is 1.56. The van der Waals surface area contributed by atoms with Crippen LogP contribution in [-0.2, 0) is 9.53 Å². The number of nitrogens with one attached hydrogen (secondary N) is 1. The van der Waals surface area contributed by atoms with Gasteiger partial charge in [-0.25, -0.2) is 4.79 Å². The first kappa shape index (κ1) is 11.1. The summed E-state index contributed by atoms with van der Waals surface area (Å²) in [7, 11) is 0. The van der Waals surface area contributed by atoms with Crippen molar-refractivity contribution in [1.29, 1.82) is 0 Å². The lowest BCUT2D eigenvalue weighted by molar-refractivity contribution is -0.124. The molecule has 86 valence electrons. The Morgan fingerprint density at radius 1 is 1.56 bits per heavy atom. The van der Waals surface area contributed by atoms with Gasteiger partial charge in [-0.05, 0) is 24.3 Å². The first-order valence-corrected chi connectivity index (χ1v) is 5.79. The molecule has 5 nitrogen and oxygen atoms in total. The number of carboxylic acids is 1. The lowest BCUT2D eigenvalue weighted by atomic mass is 10.2. The van der Waals surface area contributed by atoms with Gasteiger partial charge in [0, 0.05) is 6.61 Å². The SMILES string of the molecule is O=C(O)c1sccc1NC(=O)[C@H]1CCCO1. The lowest BCUT2D eigenvalue weighted by Gasteiger charge is -2.09. The Morgan fingerprint density at radius 3 is 3.00 bits per heavy atom. The van der Waals surface area contributed by atoms with Gasteiger partial charge in [0.05, 0.1) is 5.69 Å². The van der Waals surface area contributed by atoms with E-state index in [9.17, 15) is 9.59 Å². The fourth-order valence-electron chi connectivity index (χ4n) is 1.57. The number of carbonyl (C=O) groups excluding carboxylic acids is 1. The van der Waals surface area contributed by atoms with Gasteiger partial charge in [0.15, 0.2) is 0 Å². The smallest absolute Gasteiger partial charge is 0.348 e. The molecule has 2 heterocycles. The highest BCUT2D eigenvalue weighted by Crippen LogP contribution is 2.23. The van der Waals surface area contributed by atoms with Crippen LogP contribution in [0.25, 0.3) is 0 Å². The van der Waals surface area contributed by atoms with Crippen LogP contribution < -0.4 is 5.32 Å². The van der Waals surface area contributed by atoms with Crippen LogP contribution in [0, 0.1) is 0 Å². The summed E-state index contributed by atoms with van der Waals surface area (Å²) < 4.78 is 5.21. The summed E-state index contributed by atoms with van der Waals surface area (Å²) in [6.45, 7) is 0.591. The average Bonchev–Trinajstić information content (AvgIpc) is 2.86. The summed E-state index contributed by atoms with van der Waals surface area (Å²) in [5, 5.41) is 13.1. The first-order chi connectivity index (χ1) is 7.68. The molecule has 16 heavy (non-hydrogen) atoms. The van der Waals surface area contributed by atoms with Gasteiger partial charge in [-0.15, -0.1) is 11.3 Å². The number of anilines is 1. The summed E-state index contributed by atoms with van der Waals surface area (Å²) in [4.78, 5) is 22.6. The number of aromatic carboxylic acids is 1. The van der Waals surface area contributed by atoms with Crippen molar-refractivity contribution in [3.63, 3.8) is 0 Å². The zero-order valence-electron chi connectivity index (χ0n) is 8.43. The number of rotatable bonds is 3. The van der Waals surface area contributed by atoms with Crippen molar-refractivity contribution in [2.45, 2.75) is 18.9 Å². The summed E-state index contributed by atoms with van der Waals surface area (Å²) in [5.41, 5.74) is 0.345. The normalized spacial score (nSPS) is 19.6. The highest BCUT2D eigenvalue weighted by Gasteiger charge is 2.25. The summed E-state index contributed by atoms with van der Waals surface area (Å²) in [5.74, 6) is -1.30. The first-order valence-electron chi connectivity index (χ1n) is 4.91. The van der Waals surface area contributed by atoms with Crippen LogP contribution in [0.3, 0.4) is 0 Å². The van der Waals surface area contributed by atoms with Crippen molar-refractivity contribution < 1.29 is 19.4 Å². The minimum absolute atomic E-state index is 0.145. The highest BCUT2D eigenvalue weighted by atomic mass is 32.1. The van der Waals surface area contributed by atoms with Crippen molar-refractivity contribution in [2.75, 3.05) is 11.9 Å². The molecule has 1 aromatic rings. The molecule has 0 radical (unpaired) electrons. The molecule has 6 heteroatoms. The van der Waals surface area contributed by atoms with Crippen LogP contribution in [0.2, 0.25) is 0 Å². The van der Waals surface area contributed by atoms with Crippen molar-refractivity contribution in [3.8, 4) is 0 Å². The van der Waals surface area contributed by atoms with Gasteiger partial charge in [0.25, 0.3) is 5.91 Å². The quantitative estimate of drug-likeness (QED) is 0.842. The number of hydrogen-bond donors (Lipinski definition) is 2. The third-order valence-electron chi connectivity index (χ3n) is 2.34. The molecule has 0 saturated carbocycles. The molecule has 1 saturated heterocycles. The van der Waals surface area contributed by atoms with Crippen molar-refractivity contribution >= 4 is 28.9 Å². The van der Waals surface area contributed by atoms with E-state index in [2.05, 4.69) is 5.32 Å². The van der Waals surface area contributed by atoms with Crippen LogP contribution in [0.4, 0.5) is 5.69 Å². The van der Waals surface area contributed by atoms with Gasteiger partial charge < -0.3 is 15.2 Å². The van der Waals surface area contributed by atoms with E-state index in [4.69, 9.17) is 9.84 Å². The maximum atomic E-state index is 11.7. The second-order valence-corrected chi connectivity index (χ2v) is 4.38. The molecule has 1 aliphatic heterocycles. The van der Waals surface area contributed by atoms with E-state index in [0.717, 1.165) is 17.8 Å². The monoisotopic (exact) mass is 241 g/mol. The van der Waals surface area contributed by atoms with E-state index in [0.29, 0.717) is 18.7 Å². The van der Waals surface area contributed by atoms with Crippen LogP contribution in [0.15, 0.2) is 11.4 Å². The van der Waals surface area contributed by atoms with Crippen molar-refractivity contribution in [2.24, 2.45) is 0 Å². The molecule has 1 fully saturated rings. The maximum absolute atomic E-state index is 11.7. The Hall–Kier alpha value is -1.40. The van der Waals surface area contributed by atoms with E-state index in [1.807, 2.05) is 0 Å². The molecule has 0 spiro atoms. The maximum Gasteiger partial charge on any atom is 0.348 e. The predicted molar refractivity (Wildman–Crippen MR) is 58.9 cm³/mol. The lowest BCUT2D eigenvalue weighted by Crippen LogP contribution is -2.27. The molecule has 1 aromatic heterocycles. The third-order valence-corrected chi connectivity index (χ3v) is 3.24. The number of hydrogen-bond acceptors (Lipinski definition) is 4. The van der Waals surface area contributed by atoms with E-state index in [1.165, 1.54) is 0 Å². The number of carbonyl (C=O) groups is 2. The van der Waals surface area contributed by atoms with E-state index < -0.39 is 12.1 Å². The number of ether oxygens (including phenoxy) is 1. The largest absolute Gasteiger partial charge is 0.477 e. The number of amides is 1. The van der Waals surface area contributed by atoms with Crippen LogP contribution >= 0.6 is 11.3 Å². The zero-order chi connectivity index (χ0) is 11.5. The van der Waals surface area contributed by atoms with Crippen LogP contribution in [-0.4, -0.2) is 29.7 Å². The van der Waals surface area contributed by atoms with Gasteiger partial charge in [-0.3, -0.25) is 4.79 Å². The van der Waals surface area contributed by atoms with Gasteiger partial charge in [0.2, 0.25) is 0 Å². The molecule has 0 unspecified atom stereocenters. The fourth-order valence-corrected chi connectivity index (χ4v) is 2.26. The Labute approximate surface area is 96.0 Å². The zero-order valence-corrected chi connectivity index (χ0v) is 9.25. The Bertz CT molecular complexity index is 409. The van der Waals surface area contributed by atoms with Gasteiger partial charge in [-0.1, -0.05) is 0 Å². The minimum atomic E-state index is -1.03. The molecule has 1 aliphatic rings. The Morgan fingerprint density at radius 2 is 2.38 bits per heavy atom. The van der Waals surface area contributed by atoms with Gasteiger partial charge in [-0.2, -0.15) is 0 Å². The second kappa shape index (κ2) is 4.63. The van der Waals surface area contributed by atoms with Gasteiger partial charge >= 0.3 is 5.97 Å². The summed E-state index contributed by atoms with van der Waals surface area (Å²) in [6.07, 6.45) is 1.12. The summed E-state index contributed by atoms with van der Waals surface area (Å²) >= 11 is 1.09. The van der Waals surface area contributed by atoms with E-state index in [1.54, 1.807) is 11.4 Å². The molecule has 0 aromatic carbocycles. The van der Waals surface area contributed by atoms with Crippen molar-refractivity contribution in [1.82, 2.24) is 0 Å². The molecule has 1 amide bonds. The van der Waals surface area contributed by atoms with E-state index in [-0.39, 0.29) is 10.8 Å². The molecular formula is C10H11NO4S.